The molecule has 0 saturated heterocycles. The van der Waals surface area contributed by atoms with E-state index in [9.17, 15) is 0 Å². The zero-order valence-electron chi connectivity index (χ0n) is 10.4. The SMILES string of the molecule is CCOc1nc(N)nc(NCC(C)OCC)n1. The average Bonchev–Trinajstić information content (AvgIpc) is 2.26. The predicted octanol–water partition coefficient (Wildman–Crippen LogP) is 0.689. The van der Waals surface area contributed by atoms with Crippen molar-refractivity contribution in [3.63, 3.8) is 0 Å². The first-order valence-corrected chi connectivity index (χ1v) is 5.65. The highest BCUT2D eigenvalue weighted by Gasteiger charge is 2.06. The zero-order valence-corrected chi connectivity index (χ0v) is 10.4. The Labute approximate surface area is 101 Å². The number of hydrogen-bond acceptors (Lipinski definition) is 7. The van der Waals surface area contributed by atoms with Crippen LogP contribution in [0.2, 0.25) is 0 Å². The summed E-state index contributed by atoms with van der Waals surface area (Å²) in [7, 11) is 0. The summed E-state index contributed by atoms with van der Waals surface area (Å²) < 4.78 is 10.5. The molecule has 17 heavy (non-hydrogen) atoms. The van der Waals surface area contributed by atoms with E-state index in [2.05, 4.69) is 20.3 Å². The molecule has 96 valence electrons. The maximum Gasteiger partial charge on any atom is 0.323 e. The van der Waals surface area contributed by atoms with Crippen LogP contribution in [-0.2, 0) is 4.74 Å². The van der Waals surface area contributed by atoms with E-state index in [4.69, 9.17) is 15.2 Å². The number of nitrogens with one attached hydrogen (secondary N) is 1. The van der Waals surface area contributed by atoms with Crippen LogP contribution in [0.25, 0.3) is 0 Å². The minimum atomic E-state index is 0.0773. The van der Waals surface area contributed by atoms with Gasteiger partial charge in [-0.1, -0.05) is 0 Å². The van der Waals surface area contributed by atoms with Crippen molar-refractivity contribution in [3.8, 4) is 6.01 Å². The number of anilines is 2. The second kappa shape index (κ2) is 6.85. The molecule has 1 aromatic rings. The summed E-state index contributed by atoms with van der Waals surface area (Å²) in [5.74, 6) is 0.530. The maximum absolute atomic E-state index is 5.54. The van der Waals surface area contributed by atoms with Crippen molar-refractivity contribution in [2.24, 2.45) is 0 Å². The Kier molecular flexibility index (Phi) is 5.41. The van der Waals surface area contributed by atoms with Gasteiger partial charge in [0.15, 0.2) is 0 Å². The first-order valence-electron chi connectivity index (χ1n) is 5.65. The third-order valence-corrected chi connectivity index (χ3v) is 1.90. The van der Waals surface area contributed by atoms with Crippen LogP contribution in [0, 0.1) is 0 Å². The lowest BCUT2D eigenvalue weighted by molar-refractivity contribution is 0.0854. The molecule has 0 fully saturated rings. The van der Waals surface area contributed by atoms with E-state index < -0.39 is 0 Å². The fourth-order valence-electron chi connectivity index (χ4n) is 1.22. The van der Waals surface area contributed by atoms with Gasteiger partial charge in [0.25, 0.3) is 0 Å². The lowest BCUT2D eigenvalue weighted by atomic mass is 10.4. The summed E-state index contributed by atoms with van der Waals surface area (Å²) in [6.07, 6.45) is 0.0773. The largest absolute Gasteiger partial charge is 0.464 e. The molecule has 7 nitrogen and oxygen atoms in total. The molecule has 7 heteroatoms. The highest BCUT2D eigenvalue weighted by molar-refractivity contribution is 5.32. The van der Waals surface area contributed by atoms with Gasteiger partial charge in [0.1, 0.15) is 0 Å². The van der Waals surface area contributed by atoms with E-state index in [1.165, 1.54) is 0 Å². The van der Waals surface area contributed by atoms with E-state index in [1.807, 2.05) is 20.8 Å². The maximum atomic E-state index is 5.54. The molecule has 0 aliphatic heterocycles. The Morgan fingerprint density at radius 1 is 1.24 bits per heavy atom. The van der Waals surface area contributed by atoms with Gasteiger partial charge in [-0.3, -0.25) is 0 Å². The molecule has 1 rings (SSSR count). The van der Waals surface area contributed by atoms with Crippen molar-refractivity contribution in [3.05, 3.63) is 0 Å². The lowest BCUT2D eigenvalue weighted by Crippen LogP contribution is -2.21. The number of nitrogen functional groups attached to an aromatic ring is 1. The smallest absolute Gasteiger partial charge is 0.323 e. The van der Waals surface area contributed by atoms with E-state index in [0.717, 1.165) is 0 Å². The molecule has 0 radical (unpaired) electrons. The number of nitrogens with two attached hydrogens (primary N) is 1. The minimum absolute atomic E-state index is 0.0773. The van der Waals surface area contributed by atoms with Crippen LogP contribution < -0.4 is 15.8 Å². The molecule has 3 N–H and O–H groups in total. The number of rotatable bonds is 7. The Balaban J connectivity index is 2.57. The van der Waals surface area contributed by atoms with Crippen LogP contribution in [-0.4, -0.2) is 40.8 Å². The van der Waals surface area contributed by atoms with Gasteiger partial charge in [0, 0.05) is 13.2 Å². The minimum Gasteiger partial charge on any atom is -0.464 e. The Hall–Kier alpha value is -1.63. The molecule has 1 aromatic heterocycles. The molecule has 0 spiro atoms. The topological polar surface area (TPSA) is 95.2 Å². The Morgan fingerprint density at radius 2 is 2.00 bits per heavy atom. The number of ether oxygens (including phenoxy) is 2. The highest BCUT2D eigenvalue weighted by Crippen LogP contribution is 2.08. The molecule has 0 amide bonds. The third-order valence-electron chi connectivity index (χ3n) is 1.90. The first kappa shape index (κ1) is 13.4. The summed E-state index contributed by atoms with van der Waals surface area (Å²) in [6.45, 7) is 7.52. The fraction of sp³-hybridized carbons (Fsp3) is 0.700. The van der Waals surface area contributed by atoms with Gasteiger partial charge in [0.05, 0.1) is 12.7 Å². The van der Waals surface area contributed by atoms with Crippen LogP contribution in [0.3, 0.4) is 0 Å². The molecular weight excluding hydrogens is 222 g/mol. The quantitative estimate of drug-likeness (QED) is 0.725. The molecule has 0 aromatic carbocycles. The number of aromatic nitrogens is 3. The Morgan fingerprint density at radius 3 is 2.65 bits per heavy atom. The predicted molar refractivity (Wildman–Crippen MR) is 65.0 cm³/mol. The van der Waals surface area contributed by atoms with Gasteiger partial charge in [-0.25, -0.2) is 0 Å². The summed E-state index contributed by atoms with van der Waals surface area (Å²) in [4.78, 5) is 11.9. The van der Waals surface area contributed by atoms with Crippen LogP contribution in [0.5, 0.6) is 6.01 Å². The molecule has 0 aliphatic rings. The van der Waals surface area contributed by atoms with Gasteiger partial charge in [-0.05, 0) is 20.8 Å². The summed E-state index contributed by atoms with van der Waals surface area (Å²) in [6, 6.07) is 0.228. The van der Waals surface area contributed by atoms with E-state index in [-0.39, 0.29) is 18.1 Å². The fourth-order valence-corrected chi connectivity index (χ4v) is 1.22. The summed E-state index contributed by atoms with van der Waals surface area (Å²) in [5, 5.41) is 3.02. The van der Waals surface area contributed by atoms with Crippen molar-refractivity contribution >= 4 is 11.9 Å². The molecule has 0 aliphatic carbocycles. The molecule has 1 atom stereocenters. The van der Waals surface area contributed by atoms with Crippen LogP contribution in [0.4, 0.5) is 11.9 Å². The average molecular weight is 241 g/mol. The van der Waals surface area contributed by atoms with Crippen molar-refractivity contribution in [1.82, 2.24) is 15.0 Å². The van der Waals surface area contributed by atoms with E-state index in [1.54, 1.807) is 0 Å². The van der Waals surface area contributed by atoms with Gasteiger partial charge in [-0.2, -0.15) is 15.0 Å². The molecule has 0 bridgehead atoms. The standard InChI is InChI=1S/C10H19N5O2/c1-4-16-7(3)6-12-9-13-8(11)14-10(15-9)17-5-2/h7H,4-6H2,1-3H3,(H3,11,12,13,14,15). The monoisotopic (exact) mass is 241 g/mol. The van der Waals surface area contributed by atoms with Crippen LogP contribution in [0.15, 0.2) is 0 Å². The highest BCUT2D eigenvalue weighted by atomic mass is 16.5. The number of hydrogen-bond donors (Lipinski definition) is 2. The van der Waals surface area contributed by atoms with Crippen molar-refractivity contribution < 1.29 is 9.47 Å². The number of nitrogens with zero attached hydrogens (tertiary/aromatic N) is 3. The third kappa shape index (κ3) is 4.81. The van der Waals surface area contributed by atoms with Gasteiger partial charge >= 0.3 is 6.01 Å². The Bertz CT molecular complexity index is 347. The zero-order chi connectivity index (χ0) is 12.7. The van der Waals surface area contributed by atoms with Gasteiger partial charge < -0.3 is 20.5 Å². The first-order chi connectivity index (χ1) is 8.15. The lowest BCUT2D eigenvalue weighted by Gasteiger charge is -2.12. The van der Waals surface area contributed by atoms with Gasteiger partial charge in [0.2, 0.25) is 11.9 Å². The molecule has 1 unspecified atom stereocenters. The molecule has 1 heterocycles. The molecule has 0 saturated carbocycles. The van der Waals surface area contributed by atoms with Gasteiger partial charge in [-0.15, -0.1) is 0 Å². The van der Waals surface area contributed by atoms with E-state index in [0.29, 0.717) is 25.7 Å². The summed E-state index contributed by atoms with van der Waals surface area (Å²) in [5.41, 5.74) is 5.54. The second-order valence-corrected chi connectivity index (χ2v) is 3.38. The van der Waals surface area contributed by atoms with Crippen molar-refractivity contribution in [1.29, 1.82) is 0 Å². The van der Waals surface area contributed by atoms with Crippen molar-refractivity contribution in [2.45, 2.75) is 26.9 Å². The summed E-state index contributed by atoms with van der Waals surface area (Å²) >= 11 is 0. The van der Waals surface area contributed by atoms with Crippen molar-refractivity contribution in [2.75, 3.05) is 30.8 Å². The molecular formula is C10H19N5O2. The van der Waals surface area contributed by atoms with Crippen LogP contribution in [0.1, 0.15) is 20.8 Å². The second-order valence-electron chi connectivity index (χ2n) is 3.38. The van der Waals surface area contributed by atoms with E-state index >= 15 is 0 Å². The normalized spacial score (nSPS) is 12.2. The van der Waals surface area contributed by atoms with Crippen LogP contribution >= 0.6 is 0 Å².